The second-order valence-corrected chi connectivity index (χ2v) is 5.38. The summed E-state index contributed by atoms with van der Waals surface area (Å²) < 4.78 is 6.76. The van der Waals surface area contributed by atoms with Gasteiger partial charge in [0.05, 0.1) is 13.7 Å². The number of pyridine rings is 1. The van der Waals surface area contributed by atoms with Gasteiger partial charge in [-0.05, 0) is 30.9 Å². The molecular formula is C13H15ClN4O2. The van der Waals surface area contributed by atoms with Crippen molar-refractivity contribution in [2.75, 3.05) is 7.11 Å². The molecule has 2 aromatic heterocycles. The molecule has 0 atom stereocenters. The fourth-order valence-corrected chi connectivity index (χ4v) is 2.45. The third kappa shape index (κ3) is 2.48. The Labute approximate surface area is 121 Å². The maximum absolute atomic E-state index is 10.2. The minimum atomic E-state index is -0.834. The summed E-state index contributed by atoms with van der Waals surface area (Å²) in [5, 5.41) is 14.9. The van der Waals surface area contributed by atoms with Gasteiger partial charge in [0, 0.05) is 6.07 Å². The lowest BCUT2D eigenvalue weighted by Crippen LogP contribution is -2.35. The number of rotatable bonds is 4. The number of halogens is 1. The van der Waals surface area contributed by atoms with E-state index in [1.54, 1.807) is 30.3 Å². The molecule has 20 heavy (non-hydrogen) atoms. The van der Waals surface area contributed by atoms with E-state index < -0.39 is 5.60 Å². The Hall–Kier alpha value is -1.66. The second kappa shape index (κ2) is 5.03. The van der Waals surface area contributed by atoms with Crippen molar-refractivity contribution in [1.82, 2.24) is 19.7 Å². The molecule has 2 heterocycles. The van der Waals surface area contributed by atoms with Crippen molar-refractivity contribution in [1.29, 1.82) is 0 Å². The summed E-state index contributed by atoms with van der Waals surface area (Å²) in [6.45, 7) is 0.502. The van der Waals surface area contributed by atoms with Crippen LogP contribution in [0.3, 0.4) is 0 Å². The number of aliphatic hydroxyl groups is 1. The van der Waals surface area contributed by atoms with Gasteiger partial charge in [-0.25, -0.2) is 14.6 Å². The first-order valence-electron chi connectivity index (χ1n) is 6.42. The van der Waals surface area contributed by atoms with Crippen LogP contribution in [-0.4, -0.2) is 32.0 Å². The Morgan fingerprint density at radius 1 is 1.45 bits per heavy atom. The van der Waals surface area contributed by atoms with E-state index in [1.807, 2.05) is 0 Å². The molecule has 6 nitrogen and oxygen atoms in total. The van der Waals surface area contributed by atoms with Gasteiger partial charge >= 0.3 is 0 Å². The van der Waals surface area contributed by atoms with Crippen LogP contribution in [0.4, 0.5) is 0 Å². The first-order chi connectivity index (χ1) is 9.59. The molecule has 1 fully saturated rings. The zero-order valence-electron chi connectivity index (χ0n) is 11.1. The van der Waals surface area contributed by atoms with Crippen LogP contribution < -0.4 is 4.74 Å². The van der Waals surface area contributed by atoms with Gasteiger partial charge in [0.15, 0.2) is 5.82 Å². The molecule has 3 rings (SSSR count). The fraction of sp³-hybridized carbons (Fsp3) is 0.462. The number of hydrogen-bond donors (Lipinski definition) is 1. The SMILES string of the molecule is COc1cc(Cn2cnc(C3(O)CCC3)n2)cc(Cl)n1. The van der Waals surface area contributed by atoms with Crippen molar-refractivity contribution in [2.45, 2.75) is 31.4 Å². The van der Waals surface area contributed by atoms with Crippen LogP contribution in [0.2, 0.25) is 5.15 Å². The summed E-state index contributed by atoms with van der Waals surface area (Å²) in [7, 11) is 1.54. The second-order valence-electron chi connectivity index (χ2n) is 4.99. The smallest absolute Gasteiger partial charge is 0.214 e. The zero-order valence-corrected chi connectivity index (χ0v) is 11.8. The minimum absolute atomic E-state index is 0.373. The van der Waals surface area contributed by atoms with Gasteiger partial charge in [-0.3, -0.25) is 0 Å². The lowest BCUT2D eigenvalue weighted by atomic mass is 9.80. The Morgan fingerprint density at radius 3 is 2.90 bits per heavy atom. The average molecular weight is 295 g/mol. The highest BCUT2D eigenvalue weighted by Gasteiger charge is 2.39. The summed E-state index contributed by atoms with van der Waals surface area (Å²) in [5.41, 5.74) is 0.0812. The monoisotopic (exact) mass is 294 g/mol. The number of nitrogens with zero attached hydrogens (tertiary/aromatic N) is 4. The van der Waals surface area contributed by atoms with Crippen molar-refractivity contribution in [3.8, 4) is 5.88 Å². The highest BCUT2D eigenvalue weighted by atomic mass is 35.5. The molecule has 1 aliphatic rings. The summed E-state index contributed by atoms with van der Waals surface area (Å²) in [5.74, 6) is 0.960. The molecule has 1 aliphatic carbocycles. The van der Waals surface area contributed by atoms with Crippen LogP contribution in [-0.2, 0) is 12.1 Å². The van der Waals surface area contributed by atoms with Gasteiger partial charge in [0.1, 0.15) is 17.1 Å². The van der Waals surface area contributed by atoms with Crippen molar-refractivity contribution in [3.63, 3.8) is 0 Å². The van der Waals surface area contributed by atoms with E-state index in [-0.39, 0.29) is 0 Å². The molecule has 1 saturated carbocycles. The zero-order chi connectivity index (χ0) is 14.2. The average Bonchev–Trinajstić information content (AvgIpc) is 2.84. The Kier molecular flexibility index (Phi) is 3.35. The van der Waals surface area contributed by atoms with Crippen LogP contribution in [0.5, 0.6) is 5.88 Å². The maximum atomic E-state index is 10.2. The first kappa shape index (κ1) is 13.3. The quantitative estimate of drug-likeness (QED) is 0.870. The minimum Gasteiger partial charge on any atom is -0.481 e. The molecule has 1 N–H and O–H groups in total. The Balaban J connectivity index is 1.79. The van der Waals surface area contributed by atoms with Gasteiger partial charge < -0.3 is 9.84 Å². The van der Waals surface area contributed by atoms with Gasteiger partial charge in [-0.15, -0.1) is 0 Å². The topological polar surface area (TPSA) is 73.1 Å². The van der Waals surface area contributed by atoms with Gasteiger partial charge in [-0.1, -0.05) is 11.6 Å². The van der Waals surface area contributed by atoms with Gasteiger partial charge in [0.25, 0.3) is 0 Å². The summed E-state index contributed by atoms with van der Waals surface area (Å²) >= 11 is 5.93. The molecule has 2 aromatic rings. The molecule has 0 unspecified atom stereocenters. The molecule has 106 valence electrons. The Bertz CT molecular complexity index is 625. The maximum Gasteiger partial charge on any atom is 0.214 e. The molecule has 0 aromatic carbocycles. The normalized spacial score (nSPS) is 16.8. The van der Waals surface area contributed by atoms with Crippen LogP contribution in [0, 0.1) is 0 Å². The first-order valence-corrected chi connectivity index (χ1v) is 6.80. The van der Waals surface area contributed by atoms with E-state index in [9.17, 15) is 5.11 Å². The molecule has 0 aliphatic heterocycles. The van der Waals surface area contributed by atoms with Gasteiger partial charge in [-0.2, -0.15) is 5.10 Å². The Morgan fingerprint density at radius 2 is 2.25 bits per heavy atom. The largest absolute Gasteiger partial charge is 0.481 e. The molecule has 0 radical (unpaired) electrons. The van der Waals surface area contributed by atoms with E-state index in [4.69, 9.17) is 16.3 Å². The van der Waals surface area contributed by atoms with Crippen molar-refractivity contribution in [3.05, 3.63) is 35.0 Å². The fourth-order valence-electron chi connectivity index (χ4n) is 2.23. The van der Waals surface area contributed by atoms with Crippen molar-refractivity contribution < 1.29 is 9.84 Å². The third-order valence-corrected chi connectivity index (χ3v) is 3.71. The standard InChI is InChI=1S/C13H15ClN4O2/c1-20-11-6-9(5-10(14)16-11)7-18-8-15-12(17-18)13(19)3-2-4-13/h5-6,8,19H,2-4,7H2,1H3. The van der Waals surface area contributed by atoms with E-state index in [0.29, 0.717) is 23.4 Å². The van der Waals surface area contributed by atoms with Crippen molar-refractivity contribution >= 4 is 11.6 Å². The van der Waals surface area contributed by atoms with Crippen LogP contribution in [0.15, 0.2) is 18.5 Å². The van der Waals surface area contributed by atoms with E-state index in [2.05, 4.69) is 15.1 Å². The van der Waals surface area contributed by atoms with Crippen LogP contribution in [0.1, 0.15) is 30.7 Å². The van der Waals surface area contributed by atoms with E-state index in [1.165, 1.54) is 0 Å². The van der Waals surface area contributed by atoms with Crippen LogP contribution in [0.25, 0.3) is 0 Å². The molecule has 0 bridgehead atoms. The third-order valence-electron chi connectivity index (χ3n) is 3.52. The summed E-state index contributed by atoms with van der Waals surface area (Å²) in [6, 6.07) is 3.55. The van der Waals surface area contributed by atoms with Crippen molar-refractivity contribution in [2.24, 2.45) is 0 Å². The molecule has 0 saturated heterocycles. The lowest BCUT2D eigenvalue weighted by Gasteiger charge is -2.33. The van der Waals surface area contributed by atoms with Crippen LogP contribution >= 0.6 is 11.6 Å². The number of hydrogen-bond acceptors (Lipinski definition) is 5. The predicted octanol–water partition coefficient (Wildman–Crippen LogP) is 1.75. The highest BCUT2D eigenvalue weighted by Crippen LogP contribution is 2.38. The number of aromatic nitrogens is 4. The highest BCUT2D eigenvalue weighted by molar-refractivity contribution is 6.29. The number of ether oxygens (including phenoxy) is 1. The van der Waals surface area contributed by atoms with E-state index in [0.717, 1.165) is 24.8 Å². The molecule has 0 spiro atoms. The predicted molar refractivity (Wildman–Crippen MR) is 72.7 cm³/mol. The molecular weight excluding hydrogens is 280 g/mol. The van der Waals surface area contributed by atoms with E-state index >= 15 is 0 Å². The number of methoxy groups -OCH3 is 1. The lowest BCUT2D eigenvalue weighted by molar-refractivity contribution is -0.0467. The molecule has 0 amide bonds. The summed E-state index contributed by atoms with van der Waals surface area (Å²) in [4.78, 5) is 8.21. The van der Waals surface area contributed by atoms with Gasteiger partial charge in [0.2, 0.25) is 5.88 Å². The molecule has 7 heteroatoms. The summed E-state index contributed by atoms with van der Waals surface area (Å²) in [6.07, 6.45) is 4.09.